The van der Waals surface area contributed by atoms with Crippen LogP contribution in [0.5, 0.6) is 0 Å². The number of nitrogens with zero attached hydrogens (tertiary/aromatic N) is 1. The van der Waals surface area contributed by atoms with E-state index in [0.717, 1.165) is 24.4 Å². The van der Waals surface area contributed by atoms with Crippen LogP contribution in [0.15, 0.2) is 18.2 Å². The third kappa shape index (κ3) is 4.43. The molecule has 20 heavy (non-hydrogen) atoms. The van der Waals surface area contributed by atoms with Gasteiger partial charge >= 0.3 is 0 Å². The van der Waals surface area contributed by atoms with E-state index in [1.807, 2.05) is 18.2 Å². The highest BCUT2D eigenvalue weighted by Gasteiger charge is 2.12. The maximum atomic E-state index is 8.75. The first-order valence-corrected chi connectivity index (χ1v) is 7.40. The Labute approximate surface area is 120 Å². The number of nitrogens with one attached hydrogen (secondary N) is 1. The molecule has 0 aromatic heterocycles. The normalized spacial score (nSPS) is 15.8. The first kappa shape index (κ1) is 14.7. The molecule has 4 heteroatoms. The van der Waals surface area contributed by atoms with Crippen molar-refractivity contribution in [3.05, 3.63) is 23.8 Å². The summed E-state index contributed by atoms with van der Waals surface area (Å²) < 4.78 is 5.87. The summed E-state index contributed by atoms with van der Waals surface area (Å²) in [5.74, 6) is 0. The van der Waals surface area contributed by atoms with Crippen LogP contribution in [0.25, 0.3) is 0 Å². The second kappa shape index (κ2) is 7.76. The van der Waals surface area contributed by atoms with Crippen LogP contribution >= 0.6 is 0 Å². The third-order valence-electron chi connectivity index (χ3n) is 3.75. The number of nitrogens with two attached hydrogens (primary N) is 1. The molecule has 0 bridgehead atoms. The average molecular weight is 273 g/mol. The van der Waals surface area contributed by atoms with E-state index in [1.165, 1.54) is 32.1 Å². The SMILES string of the molecule is N#CCc1cc(NCCOC2CCCCC2)ccc1N. The van der Waals surface area contributed by atoms with Gasteiger partial charge in [0.25, 0.3) is 0 Å². The lowest BCUT2D eigenvalue weighted by molar-refractivity contribution is 0.0347. The smallest absolute Gasteiger partial charge is 0.0670 e. The number of benzene rings is 1. The summed E-state index contributed by atoms with van der Waals surface area (Å²) in [7, 11) is 0. The van der Waals surface area contributed by atoms with Gasteiger partial charge in [0.15, 0.2) is 0 Å². The Kier molecular flexibility index (Phi) is 5.69. The van der Waals surface area contributed by atoms with Crippen LogP contribution in [-0.2, 0) is 11.2 Å². The molecule has 2 rings (SSSR count). The Morgan fingerprint density at radius 1 is 1.30 bits per heavy atom. The minimum Gasteiger partial charge on any atom is -0.398 e. The van der Waals surface area contributed by atoms with Gasteiger partial charge in [-0.05, 0) is 36.6 Å². The van der Waals surface area contributed by atoms with Gasteiger partial charge in [0.1, 0.15) is 0 Å². The van der Waals surface area contributed by atoms with Gasteiger partial charge in [0.05, 0.1) is 25.2 Å². The lowest BCUT2D eigenvalue weighted by atomic mass is 9.98. The van der Waals surface area contributed by atoms with Gasteiger partial charge in [-0.15, -0.1) is 0 Å². The largest absolute Gasteiger partial charge is 0.398 e. The highest BCUT2D eigenvalue weighted by atomic mass is 16.5. The molecule has 4 nitrogen and oxygen atoms in total. The summed E-state index contributed by atoms with van der Waals surface area (Å²) in [6.45, 7) is 1.51. The number of hydrogen-bond acceptors (Lipinski definition) is 4. The van der Waals surface area contributed by atoms with Crippen molar-refractivity contribution in [1.82, 2.24) is 0 Å². The predicted octanol–water partition coefficient (Wildman–Crippen LogP) is 3.10. The van der Waals surface area contributed by atoms with E-state index in [0.29, 0.717) is 18.2 Å². The van der Waals surface area contributed by atoms with Crippen LogP contribution in [-0.4, -0.2) is 19.3 Å². The zero-order chi connectivity index (χ0) is 14.2. The number of rotatable bonds is 6. The van der Waals surface area contributed by atoms with Gasteiger partial charge in [-0.3, -0.25) is 0 Å². The molecule has 0 amide bonds. The number of ether oxygens (including phenoxy) is 1. The second-order valence-corrected chi connectivity index (χ2v) is 5.31. The maximum Gasteiger partial charge on any atom is 0.0670 e. The van der Waals surface area contributed by atoms with Crippen molar-refractivity contribution >= 4 is 11.4 Å². The Balaban J connectivity index is 1.73. The van der Waals surface area contributed by atoms with Crippen LogP contribution < -0.4 is 11.1 Å². The molecular weight excluding hydrogens is 250 g/mol. The molecular formula is C16H23N3O. The third-order valence-corrected chi connectivity index (χ3v) is 3.75. The molecule has 0 heterocycles. The topological polar surface area (TPSA) is 71.1 Å². The summed E-state index contributed by atoms with van der Waals surface area (Å²) in [6, 6.07) is 7.86. The van der Waals surface area contributed by atoms with Crippen LogP contribution in [0.4, 0.5) is 11.4 Å². The summed E-state index contributed by atoms with van der Waals surface area (Å²) in [5, 5.41) is 12.1. The van der Waals surface area contributed by atoms with Crippen molar-refractivity contribution in [2.45, 2.75) is 44.6 Å². The molecule has 0 spiro atoms. The minimum absolute atomic E-state index is 0.347. The first-order chi connectivity index (χ1) is 9.79. The summed E-state index contributed by atoms with van der Waals surface area (Å²) >= 11 is 0. The van der Waals surface area contributed by atoms with Crippen LogP contribution in [0.2, 0.25) is 0 Å². The maximum absolute atomic E-state index is 8.75. The molecule has 0 atom stereocenters. The fourth-order valence-corrected chi connectivity index (χ4v) is 2.61. The molecule has 0 unspecified atom stereocenters. The quantitative estimate of drug-likeness (QED) is 0.617. The van der Waals surface area contributed by atoms with Crippen molar-refractivity contribution in [2.75, 3.05) is 24.2 Å². The van der Waals surface area contributed by atoms with E-state index >= 15 is 0 Å². The van der Waals surface area contributed by atoms with Crippen LogP contribution in [0.3, 0.4) is 0 Å². The molecule has 1 aliphatic rings. The molecule has 1 aromatic rings. The molecule has 0 saturated heterocycles. The Morgan fingerprint density at radius 3 is 2.85 bits per heavy atom. The van der Waals surface area contributed by atoms with E-state index in [-0.39, 0.29) is 0 Å². The Hall–Kier alpha value is -1.73. The molecule has 1 saturated carbocycles. The van der Waals surface area contributed by atoms with Crippen LogP contribution in [0.1, 0.15) is 37.7 Å². The summed E-state index contributed by atoms with van der Waals surface area (Å²) in [6.07, 6.45) is 7.15. The molecule has 1 aliphatic carbocycles. The zero-order valence-corrected chi connectivity index (χ0v) is 11.9. The number of nitrogen functional groups attached to an aromatic ring is 1. The van der Waals surface area contributed by atoms with Crippen molar-refractivity contribution in [2.24, 2.45) is 0 Å². The van der Waals surface area contributed by atoms with Crippen molar-refractivity contribution in [1.29, 1.82) is 5.26 Å². The Bertz CT molecular complexity index is 461. The summed E-state index contributed by atoms with van der Waals surface area (Å²) in [4.78, 5) is 0. The number of hydrogen-bond donors (Lipinski definition) is 2. The fraction of sp³-hybridized carbons (Fsp3) is 0.562. The molecule has 108 valence electrons. The van der Waals surface area contributed by atoms with Gasteiger partial charge in [-0.2, -0.15) is 5.26 Å². The summed E-state index contributed by atoms with van der Waals surface area (Å²) in [5.41, 5.74) is 8.38. The first-order valence-electron chi connectivity index (χ1n) is 7.40. The number of nitriles is 1. The number of anilines is 2. The lowest BCUT2D eigenvalue weighted by Gasteiger charge is -2.22. The lowest BCUT2D eigenvalue weighted by Crippen LogP contribution is -2.20. The minimum atomic E-state index is 0.347. The van der Waals surface area contributed by atoms with Gasteiger partial charge in [0.2, 0.25) is 0 Å². The van der Waals surface area contributed by atoms with Gasteiger partial charge in [0, 0.05) is 17.9 Å². The van der Waals surface area contributed by atoms with Gasteiger partial charge in [-0.1, -0.05) is 19.3 Å². The fourth-order valence-electron chi connectivity index (χ4n) is 2.61. The average Bonchev–Trinajstić information content (AvgIpc) is 2.48. The Morgan fingerprint density at radius 2 is 2.10 bits per heavy atom. The molecule has 0 radical (unpaired) electrons. The highest BCUT2D eigenvalue weighted by molar-refractivity contribution is 5.57. The van der Waals surface area contributed by atoms with E-state index < -0.39 is 0 Å². The van der Waals surface area contributed by atoms with Gasteiger partial charge < -0.3 is 15.8 Å². The molecule has 1 fully saturated rings. The predicted molar refractivity (Wildman–Crippen MR) is 81.5 cm³/mol. The zero-order valence-electron chi connectivity index (χ0n) is 11.9. The van der Waals surface area contributed by atoms with Crippen molar-refractivity contribution < 1.29 is 4.74 Å². The standard InChI is InChI=1S/C16H23N3O/c17-9-8-13-12-14(6-7-16(13)18)19-10-11-20-15-4-2-1-3-5-15/h6-7,12,15,19H,1-5,8,10-11,18H2. The van der Waals surface area contributed by atoms with E-state index in [2.05, 4.69) is 11.4 Å². The molecule has 1 aromatic carbocycles. The molecule has 3 N–H and O–H groups in total. The monoisotopic (exact) mass is 273 g/mol. The van der Waals surface area contributed by atoms with E-state index in [1.54, 1.807) is 0 Å². The van der Waals surface area contributed by atoms with E-state index in [9.17, 15) is 0 Å². The highest BCUT2D eigenvalue weighted by Crippen LogP contribution is 2.20. The van der Waals surface area contributed by atoms with Crippen LogP contribution in [0, 0.1) is 11.3 Å². The van der Waals surface area contributed by atoms with E-state index in [4.69, 9.17) is 15.7 Å². The van der Waals surface area contributed by atoms with Crippen molar-refractivity contribution in [3.63, 3.8) is 0 Å². The van der Waals surface area contributed by atoms with Gasteiger partial charge in [-0.25, -0.2) is 0 Å². The molecule has 0 aliphatic heterocycles. The van der Waals surface area contributed by atoms with Crippen molar-refractivity contribution in [3.8, 4) is 6.07 Å². The second-order valence-electron chi connectivity index (χ2n) is 5.31.